The predicted octanol–water partition coefficient (Wildman–Crippen LogP) is 4.96. The molecular weight excluding hydrogens is 249 g/mol. The maximum absolute atomic E-state index is 13.2. The molecule has 1 N–H and O–H groups in total. The molecule has 0 radical (unpaired) electrons. The van der Waals surface area contributed by atoms with E-state index in [2.05, 4.69) is 26.1 Å². The lowest BCUT2D eigenvalue weighted by molar-refractivity contribution is 0.440. The maximum atomic E-state index is 13.2. The van der Waals surface area contributed by atoms with E-state index in [1.807, 2.05) is 6.07 Å². The van der Waals surface area contributed by atoms with Crippen molar-refractivity contribution in [2.24, 2.45) is 5.92 Å². The molecule has 0 aliphatic rings. The Balaban J connectivity index is 2.76. The summed E-state index contributed by atoms with van der Waals surface area (Å²) in [6.07, 6.45) is 3.29. The molecule has 0 saturated carbocycles. The second-order valence-corrected chi connectivity index (χ2v) is 5.56. The van der Waals surface area contributed by atoms with Gasteiger partial charge in [0.1, 0.15) is 5.82 Å². The van der Waals surface area contributed by atoms with Crippen LogP contribution in [0.3, 0.4) is 0 Å². The Kier molecular flexibility index (Phi) is 6.66. The van der Waals surface area contributed by atoms with E-state index in [1.165, 1.54) is 6.07 Å². The summed E-state index contributed by atoms with van der Waals surface area (Å²) in [6.45, 7) is 7.55. The van der Waals surface area contributed by atoms with Gasteiger partial charge < -0.3 is 5.32 Å². The van der Waals surface area contributed by atoms with Gasteiger partial charge in [0.25, 0.3) is 0 Å². The van der Waals surface area contributed by atoms with Gasteiger partial charge in [-0.05, 0) is 49.4 Å². The third-order valence-electron chi connectivity index (χ3n) is 3.02. The molecule has 0 fully saturated rings. The van der Waals surface area contributed by atoms with Crippen LogP contribution in [0.4, 0.5) is 4.39 Å². The lowest BCUT2D eigenvalue weighted by Crippen LogP contribution is -2.22. The third-order valence-corrected chi connectivity index (χ3v) is 3.31. The first-order valence-electron chi connectivity index (χ1n) is 6.73. The minimum absolute atomic E-state index is 0.209. The summed E-state index contributed by atoms with van der Waals surface area (Å²) >= 11 is 5.85. The SMILES string of the molecule is CCCNC(CCC(C)C)c1ccc(F)c(Cl)c1. The van der Waals surface area contributed by atoms with Crippen LogP contribution in [0.1, 0.15) is 51.6 Å². The van der Waals surface area contributed by atoms with Crippen molar-refractivity contribution in [2.45, 2.75) is 46.1 Å². The lowest BCUT2D eigenvalue weighted by atomic mass is 9.97. The molecule has 0 heterocycles. The van der Waals surface area contributed by atoms with Crippen molar-refractivity contribution in [3.63, 3.8) is 0 Å². The molecule has 0 aliphatic heterocycles. The molecule has 0 aliphatic carbocycles. The molecule has 1 nitrogen and oxygen atoms in total. The normalized spacial score (nSPS) is 13.0. The van der Waals surface area contributed by atoms with Gasteiger partial charge in [0.05, 0.1) is 5.02 Å². The second kappa shape index (κ2) is 7.75. The van der Waals surface area contributed by atoms with E-state index in [1.54, 1.807) is 6.07 Å². The predicted molar refractivity (Wildman–Crippen MR) is 76.5 cm³/mol. The van der Waals surface area contributed by atoms with E-state index < -0.39 is 0 Å². The molecule has 1 aromatic carbocycles. The Morgan fingerprint density at radius 3 is 2.56 bits per heavy atom. The summed E-state index contributed by atoms with van der Waals surface area (Å²) < 4.78 is 13.2. The monoisotopic (exact) mass is 271 g/mol. The van der Waals surface area contributed by atoms with Crippen molar-refractivity contribution in [2.75, 3.05) is 6.54 Å². The Morgan fingerprint density at radius 1 is 1.28 bits per heavy atom. The Bertz CT molecular complexity index is 366. The van der Waals surface area contributed by atoms with Crippen LogP contribution in [-0.4, -0.2) is 6.54 Å². The smallest absolute Gasteiger partial charge is 0.141 e. The fraction of sp³-hybridized carbons (Fsp3) is 0.600. The summed E-state index contributed by atoms with van der Waals surface area (Å²) in [4.78, 5) is 0. The zero-order valence-corrected chi connectivity index (χ0v) is 12.2. The molecule has 102 valence electrons. The number of hydrogen-bond donors (Lipinski definition) is 1. The number of halogens is 2. The molecule has 1 atom stereocenters. The molecular formula is C15H23ClFN. The standard InChI is InChI=1S/C15H23ClFN/c1-4-9-18-15(8-5-11(2)3)12-6-7-14(17)13(16)10-12/h6-7,10-11,15,18H,4-5,8-9H2,1-3H3. The molecule has 0 spiro atoms. The van der Waals surface area contributed by atoms with Gasteiger partial charge in [-0.1, -0.05) is 38.4 Å². The Hall–Kier alpha value is -0.600. The number of hydrogen-bond acceptors (Lipinski definition) is 1. The quantitative estimate of drug-likeness (QED) is 0.739. The van der Waals surface area contributed by atoms with E-state index in [4.69, 9.17) is 11.6 Å². The van der Waals surface area contributed by atoms with Crippen molar-refractivity contribution in [1.82, 2.24) is 5.32 Å². The van der Waals surface area contributed by atoms with Gasteiger partial charge in [-0.3, -0.25) is 0 Å². The largest absolute Gasteiger partial charge is 0.310 e. The first-order valence-corrected chi connectivity index (χ1v) is 7.10. The maximum Gasteiger partial charge on any atom is 0.141 e. The van der Waals surface area contributed by atoms with Crippen molar-refractivity contribution >= 4 is 11.6 Å². The van der Waals surface area contributed by atoms with E-state index in [9.17, 15) is 4.39 Å². The summed E-state index contributed by atoms with van der Waals surface area (Å²) in [5.74, 6) is 0.324. The summed E-state index contributed by atoms with van der Waals surface area (Å²) in [5, 5.41) is 3.72. The second-order valence-electron chi connectivity index (χ2n) is 5.15. The van der Waals surface area contributed by atoms with Crippen molar-refractivity contribution in [3.8, 4) is 0 Å². The number of rotatable bonds is 7. The molecule has 0 aromatic heterocycles. The van der Waals surface area contributed by atoms with Gasteiger partial charge >= 0.3 is 0 Å². The van der Waals surface area contributed by atoms with Crippen LogP contribution >= 0.6 is 11.6 Å². The lowest BCUT2D eigenvalue weighted by Gasteiger charge is -2.20. The van der Waals surface area contributed by atoms with Crippen molar-refractivity contribution in [3.05, 3.63) is 34.6 Å². The highest BCUT2D eigenvalue weighted by atomic mass is 35.5. The molecule has 0 amide bonds. The number of nitrogens with one attached hydrogen (secondary N) is 1. The zero-order valence-electron chi connectivity index (χ0n) is 11.5. The molecule has 1 aromatic rings. The third kappa shape index (κ3) is 4.95. The van der Waals surface area contributed by atoms with Gasteiger partial charge in [-0.15, -0.1) is 0 Å². The first-order chi connectivity index (χ1) is 8.54. The van der Waals surface area contributed by atoms with Crippen LogP contribution in [0.15, 0.2) is 18.2 Å². The minimum atomic E-state index is -0.349. The molecule has 0 bridgehead atoms. The number of benzene rings is 1. The van der Waals surface area contributed by atoms with E-state index >= 15 is 0 Å². The summed E-state index contributed by atoms with van der Waals surface area (Å²) in [7, 11) is 0. The highest BCUT2D eigenvalue weighted by Crippen LogP contribution is 2.25. The fourth-order valence-electron chi connectivity index (χ4n) is 1.93. The molecule has 3 heteroatoms. The van der Waals surface area contributed by atoms with Gasteiger partial charge in [-0.25, -0.2) is 4.39 Å². The van der Waals surface area contributed by atoms with Gasteiger partial charge in [0, 0.05) is 6.04 Å². The van der Waals surface area contributed by atoms with Gasteiger partial charge in [0.15, 0.2) is 0 Å². The van der Waals surface area contributed by atoms with E-state index in [-0.39, 0.29) is 16.9 Å². The molecule has 1 unspecified atom stereocenters. The molecule has 1 rings (SSSR count). The average molecular weight is 272 g/mol. The summed E-state index contributed by atoms with van der Waals surface area (Å²) in [6, 6.07) is 5.29. The topological polar surface area (TPSA) is 12.0 Å². The average Bonchev–Trinajstić information content (AvgIpc) is 2.33. The van der Waals surface area contributed by atoms with Crippen LogP contribution in [0.5, 0.6) is 0 Å². The Morgan fingerprint density at radius 2 is 2.00 bits per heavy atom. The van der Waals surface area contributed by atoms with Crippen LogP contribution < -0.4 is 5.32 Å². The van der Waals surface area contributed by atoms with Gasteiger partial charge in [-0.2, -0.15) is 0 Å². The highest BCUT2D eigenvalue weighted by molar-refractivity contribution is 6.30. The molecule has 18 heavy (non-hydrogen) atoms. The van der Waals surface area contributed by atoms with E-state index in [0.717, 1.165) is 31.4 Å². The Labute approximate surface area is 115 Å². The zero-order chi connectivity index (χ0) is 13.5. The van der Waals surface area contributed by atoms with Crippen molar-refractivity contribution in [1.29, 1.82) is 0 Å². The van der Waals surface area contributed by atoms with Crippen LogP contribution in [-0.2, 0) is 0 Å². The van der Waals surface area contributed by atoms with E-state index in [0.29, 0.717) is 5.92 Å². The van der Waals surface area contributed by atoms with Crippen LogP contribution in [0.25, 0.3) is 0 Å². The fourth-order valence-corrected chi connectivity index (χ4v) is 2.12. The highest BCUT2D eigenvalue weighted by Gasteiger charge is 2.13. The van der Waals surface area contributed by atoms with Crippen molar-refractivity contribution < 1.29 is 4.39 Å². The van der Waals surface area contributed by atoms with Gasteiger partial charge in [0.2, 0.25) is 0 Å². The molecule has 0 saturated heterocycles. The summed E-state index contributed by atoms with van der Waals surface area (Å²) in [5.41, 5.74) is 1.08. The first kappa shape index (κ1) is 15.5. The minimum Gasteiger partial charge on any atom is -0.310 e. The van der Waals surface area contributed by atoms with Crippen LogP contribution in [0, 0.1) is 11.7 Å². The van der Waals surface area contributed by atoms with Crippen LogP contribution in [0.2, 0.25) is 5.02 Å².